The minimum Gasteiger partial charge on any atom is -0.493 e. The second-order valence-electron chi connectivity index (χ2n) is 5.85. The van der Waals surface area contributed by atoms with Crippen molar-refractivity contribution in [1.29, 1.82) is 0 Å². The molecule has 25 heavy (non-hydrogen) atoms. The number of ether oxygens (including phenoxy) is 2. The van der Waals surface area contributed by atoms with Crippen molar-refractivity contribution in [2.75, 3.05) is 27.3 Å². The number of hydrogen-bond donors (Lipinski definition) is 1. The van der Waals surface area contributed by atoms with Gasteiger partial charge >= 0.3 is 0 Å². The van der Waals surface area contributed by atoms with Crippen molar-refractivity contribution in [2.24, 2.45) is 0 Å². The molecule has 134 valence electrons. The molecule has 0 saturated heterocycles. The average Bonchev–Trinajstić information content (AvgIpc) is 2.62. The summed E-state index contributed by atoms with van der Waals surface area (Å²) in [4.78, 5) is 14.0. The summed E-state index contributed by atoms with van der Waals surface area (Å²) in [6.07, 6.45) is 0. The highest BCUT2D eigenvalue weighted by Gasteiger charge is 2.10. The van der Waals surface area contributed by atoms with Crippen molar-refractivity contribution in [1.82, 2.24) is 10.2 Å². The van der Waals surface area contributed by atoms with Gasteiger partial charge in [-0.25, -0.2) is 0 Å². The summed E-state index contributed by atoms with van der Waals surface area (Å²) in [5.41, 5.74) is 2.16. The lowest BCUT2D eigenvalue weighted by Crippen LogP contribution is -2.34. The van der Waals surface area contributed by atoms with Crippen LogP contribution in [0.4, 0.5) is 0 Å². The van der Waals surface area contributed by atoms with Gasteiger partial charge < -0.3 is 14.8 Å². The molecule has 0 aliphatic carbocycles. The predicted octanol–water partition coefficient (Wildman–Crippen LogP) is 2.84. The molecule has 0 atom stereocenters. The number of hydrogen-bond acceptors (Lipinski definition) is 4. The van der Waals surface area contributed by atoms with Gasteiger partial charge in [0.25, 0.3) is 0 Å². The third-order valence-corrected chi connectivity index (χ3v) is 3.73. The molecule has 2 rings (SSSR count). The molecule has 1 amide bonds. The van der Waals surface area contributed by atoms with Crippen molar-refractivity contribution < 1.29 is 14.3 Å². The molecule has 0 aromatic heterocycles. The lowest BCUT2D eigenvalue weighted by Gasteiger charge is -2.18. The Morgan fingerprint density at radius 1 is 1.08 bits per heavy atom. The van der Waals surface area contributed by atoms with Crippen LogP contribution in [0.1, 0.15) is 18.1 Å². The van der Waals surface area contributed by atoms with E-state index in [0.29, 0.717) is 32.0 Å². The zero-order valence-corrected chi connectivity index (χ0v) is 15.1. The van der Waals surface area contributed by atoms with Crippen molar-refractivity contribution >= 4 is 5.91 Å². The minimum atomic E-state index is 0.00394. The highest BCUT2D eigenvalue weighted by molar-refractivity contribution is 5.77. The molecular weight excluding hydrogens is 316 g/mol. The van der Waals surface area contributed by atoms with Gasteiger partial charge in [-0.15, -0.1) is 0 Å². The molecule has 5 heteroatoms. The molecule has 0 fully saturated rings. The Balaban J connectivity index is 1.84. The maximum atomic E-state index is 12.1. The summed E-state index contributed by atoms with van der Waals surface area (Å²) in [5.74, 6) is 1.45. The second kappa shape index (κ2) is 9.69. The van der Waals surface area contributed by atoms with Crippen LogP contribution in [0, 0.1) is 0 Å². The van der Waals surface area contributed by atoms with Crippen molar-refractivity contribution in [3.05, 3.63) is 59.7 Å². The molecule has 0 aliphatic rings. The fourth-order valence-corrected chi connectivity index (χ4v) is 2.55. The predicted molar refractivity (Wildman–Crippen MR) is 98.8 cm³/mol. The van der Waals surface area contributed by atoms with Crippen molar-refractivity contribution in [2.45, 2.75) is 20.0 Å². The fourth-order valence-electron chi connectivity index (χ4n) is 2.55. The van der Waals surface area contributed by atoms with Gasteiger partial charge in [-0.1, -0.05) is 36.4 Å². The van der Waals surface area contributed by atoms with Gasteiger partial charge in [-0.2, -0.15) is 0 Å². The van der Waals surface area contributed by atoms with Crippen LogP contribution in [0.5, 0.6) is 11.5 Å². The molecule has 0 radical (unpaired) electrons. The Labute approximate surface area is 149 Å². The molecule has 2 aromatic rings. The smallest absolute Gasteiger partial charge is 0.234 e. The van der Waals surface area contributed by atoms with E-state index in [1.807, 2.05) is 67.4 Å². The Morgan fingerprint density at radius 2 is 1.84 bits per heavy atom. The quantitative estimate of drug-likeness (QED) is 0.761. The van der Waals surface area contributed by atoms with Gasteiger partial charge in [0.05, 0.1) is 20.3 Å². The van der Waals surface area contributed by atoms with Gasteiger partial charge in [-0.3, -0.25) is 9.69 Å². The zero-order valence-electron chi connectivity index (χ0n) is 15.1. The Kier molecular flexibility index (Phi) is 7.29. The molecule has 0 spiro atoms. The topological polar surface area (TPSA) is 50.8 Å². The lowest BCUT2D eigenvalue weighted by atomic mass is 10.2. The van der Waals surface area contributed by atoms with Crippen LogP contribution in [0.2, 0.25) is 0 Å². The van der Waals surface area contributed by atoms with Crippen LogP contribution >= 0.6 is 0 Å². The number of rotatable bonds is 9. The summed E-state index contributed by atoms with van der Waals surface area (Å²) >= 11 is 0. The van der Waals surface area contributed by atoms with Gasteiger partial charge in [0.1, 0.15) is 0 Å². The maximum absolute atomic E-state index is 12.1. The first-order chi connectivity index (χ1) is 12.1. The van der Waals surface area contributed by atoms with Crippen LogP contribution in [0.3, 0.4) is 0 Å². The van der Waals surface area contributed by atoms with E-state index in [9.17, 15) is 4.79 Å². The van der Waals surface area contributed by atoms with E-state index in [2.05, 4.69) is 5.32 Å². The number of nitrogens with one attached hydrogen (secondary N) is 1. The van der Waals surface area contributed by atoms with Crippen LogP contribution in [-0.2, 0) is 17.9 Å². The van der Waals surface area contributed by atoms with E-state index in [0.717, 1.165) is 16.9 Å². The van der Waals surface area contributed by atoms with E-state index < -0.39 is 0 Å². The van der Waals surface area contributed by atoms with E-state index in [1.54, 1.807) is 7.11 Å². The molecule has 0 unspecified atom stereocenters. The van der Waals surface area contributed by atoms with Crippen LogP contribution < -0.4 is 14.8 Å². The summed E-state index contributed by atoms with van der Waals surface area (Å²) in [5, 5.41) is 2.94. The minimum absolute atomic E-state index is 0.00394. The van der Waals surface area contributed by atoms with Crippen molar-refractivity contribution in [3.63, 3.8) is 0 Å². The average molecular weight is 342 g/mol. The number of methoxy groups -OCH3 is 1. The number of benzene rings is 2. The van der Waals surface area contributed by atoms with E-state index >= 15 is 0 Å². The maximum Gasteiger partial charge on any atom is 0.234 e. The summed E-state index contributed by atoms with van der Waals surface area (Å²) in [6, 6.07) is 15.7. The SMILES string of the molecule is CCOc1ccc(CN(C)CC(=O)NCc2ccccc2)cc1OC. The van der Waals surface area contributed by atoms with Gasteiger partial charge in [0, 0.05) is 13.1 Å². The standard InChI is InChI=1S/C20H26N2O3/c1-4-25-18-11-10-17(12-19(18)24-3)14-22(2)15-20(23)21-13-16-8-6-5-7-9-16/h5-12H,4,13-15H2,1-3H3,(H,21,23). The first-order valence-electron chi connectivity index (χ1n) is 8.41. The van der Waals surface area contributed by atoms with Crippen molar-refractivity contribution in [3.8, 4) is 11.5 Å². The molecule has 0 aliphatic heterocycles. The Hall–Kier alpha value is -2.53. The van der Waals surface area contributed by atoms with Gasteiger partial charge in [0.2, 0.25) is 5.91 Å². The first-order valence-corrected chi connectivity index (χ1v) is 8.41. The molecule has 0 saturated carbocycles. The molecule has 1 N–H and O–H groups in total. The molecule has 5 nitrogen and oxygen atoms in total. The van der Waals surface area contributed by atoms with Gasteiger partial charge in [0.15, 0.2) is 11.5 Å². The number of carbonyl (C=O) groups is 1. The first kappa shape index (κ1) is 18.8. The zero-order chi connectivity index (χ0) is 18.1. The monoisotopic (exact) mass is 342 g/mol. The molecule has 2 aromatic carbocycles. The second-order valence-corrected chi connectivity index (χ2v) is 5.85. The Bertz CT molecular complexity index is 674. The summed E-state index contributed by atoms with van der Waals surface area (Å²) in [7, 11) is 3.55. The molecule has 0 bridgehead atoms. The highest BCUT2D eigenvalue weighted by atomic mass is 16.5. The number of amides is 1. The number of nitrogens with zero attached hydrogens (tertiary/aromatic N) is 1. The summed E-state index contributed by atoms with van der Waals surface area (Å²) in [6.45, 7) is 4.07. The molecular formula is C20H26N2O3. The third kappa shape index (κ3) is 6.12. The van der Waals surface area contributed by atoms with E-state index in [-0.39, 0.29) is 5.91 Å². The molecule has 0 heterocycles. The van der Waals surface area contributed by atoms with Crippen LogP contribution in [-0.4, -0.2) is 38.1 Å². The van der Waals surface area contributed by atoms with Crippen LogP contribution in [0.15, 0.2) is 48.5 Å². The highest BCUT2D eigenvalue weighted by Crippen LogP contribution is 2.28. The normalized spacial score (nSPS) is 10.6. The van der Waals surface area contributed by atoms with E-state index in [1.165, 1.54) is 0 Å². The summed E-state index contributed by atoms with van der Waals surface area (Å²) < 4.78 is 10.9. The number of carbonyl (C=O) groups excluding carboxylic acids is 1. The van der Waals surface area contributed by atoms with E-state index in [4.69, 9.17) is 9.47 Å². The lowest BCUT2D eigenvalue weighted by molar-refractivity contribution is -0.122. The Morgan fingerprint density at radius 3 is 2.52 bits per heavy atom. The number of likely N-dealkylation sites (N-methyl/N-ethyl adjacent to an activating group) is 1. The fraction of sp³-hybridized carbons (Fsp3) is 0.350. The third-order valence-electron chi connectivity index (χ3n) is 3.73. The van der Waals surface area contributed by atoms with Gasteiger partial charge in [-0.05, 0) is 37.2 Å². The largest absolute Gasteiger partial charge is 0.493 e. The van der Waals surface area contributed by atoms with Crippen LogP contribution in [0.25, 0.3) is 0 Å².